The second-order valence-electron chi connectivity index (χ2n) is 30.5. The Kier molecular flexibility index (Phi) is 30.4. The highest BCUT2D eigenvalue weighted by atomic mass is 35.5. The number of carbonyl (C=O) groups is 5. The third-order valence-electron chi connectivity index (χ3n) is 21.1. The Morgan fingerprint density at radius 3 is 2.06 bits per heavy atom. The summed E-state index contributed by atoms with van der Waals surface area (Å²) < 4.78 is 77.6. The number of nitrogens with one attached hydrogen (secondary N) is 5. The molecule has 3 fully saturated rings. The zero-order valence-electron chi connectivity index (χ0n) is 63.1. The van der Waals surface area contributed by atoms with Gasteiger partial charge in [0.25, 0.3) is 15.7 Å². The summed E-state index contributed by atoms with van der Waals surface area (Å²) in [5.41, 5.74) is 3.55. The number of likely N-dealkylation sites (tertiary alicyclic amines) is 1. The Hall–Kier alpha value is -6.97. The lowest BCUT2D eigenvalue weighted by molar-refractivity contribution is -0.144. The predicted octanol–water partition coefficient (Wildman–Crippen LogP) is 16.0. The molecule has 1 aromatic heterocycles. The highest BCUT2D eigenvalue weighted by molar-refractivity contribution is 7.99. The number of aromatic nitrogens is 1. The van der Waals surface area contributed by atoms with Crippen molar-refractivity contribution in [3.8, 4) is 10.4 Å². The molecule has 108 heavy (non-hydrogen) atoms. The molecule has 5 atom stereocenters. The maximum atomic E-state index is 14.3. The number of alkyl halides is 3. The Morgan fingerprint density at radius 1 is 0.759 bits per heavy atom. The van der Waals surface area contributed by atoms with Gasteiger partial charge in [-0.25, -0.2) is 13.4 Å². The molecule has 4 aliphatic rings. The predicted molar refractivity (Wildman–Crippen MR) is 429 cm³/mol. The molecular formula is C82H106ClF3N10O8S4. The fourth-order valence-electron chi connectivity index (χ4n) is 14.6. The van der Waals surface area contributed by atoms with Crippen molar-refractivity contribution < 1.29 is 50.3 Å². The number of thioether (sulfide) groups is 1. The molecule has 26 heteroatoms. The fourth-order valence-corrected chi connectivity index (χ4v) is 18.2. The quantitative estimate of drug-likeness (QED) is 0.0142. The smallest absolute Gasteiger partial charge is 0.380 e. The van der Waals surface area contributed by atoms with Crippen LogP contribution < -0.4 is 30.9 Å². The van der Waals surface area contributed by atoms with Gasteiger partial charge in [0.15, 0.2) is 0 Å². The van der Waals surface area contributed by atoms with Crippen molar-refractivity contribution in [2.45, 2.75) is 189 Å². The van der Waals surface area contributed by atoms with E-state index in [2.05, 4.69) is 64.7 Å². The van der Waals surface area contributed by atoms with Gasteiger partial charge in [-0.05, 0) is 177 Å². The van der Waals surface area contributed by atoms with E-state index in [1.54, 1.807) is 28.4 Å². The molecule has 1 unspecified atom stereocenters. The van der Waals surface area contributed by atoms with Crippen molar-refractivity contribution in [1.29, 1.82) is 0 Å². The Balaban J connectivity index is 0.625. The van der Waals surface area contributed by atoms with E-state index in [9.17, 15) is 45.6 Å². The number of benzene rings is 5. The number of anilines is 2. The summed E-state index contributed by atoms with van der Waals surface area (Å²) in [6, 6.07) is 34.8. The van der Waals surface area contributed by atoms with Crippen LogP contribution in [0.15, 0.2) is 147 Å². The van der Waals surface area contributed by atoms with Crippen molar-refractivity contribution in [2.75, 3.05) is 94.6 Å². The number of hydrogen-bond acceptors (Lipinski definition) is 16. The average molecular weight is 1580 g/mol. The number of morpholine rings is 1. The van der Waals surface area contributed by atoms with Crippen molar-refractivity contribution in [3.05, 3.63) is 160 Å². The molecule has 0 bridgehead atoms. The van der Waals surface area contributed by atoms with Gasteiger partial charge in [0.2, 0.25) is 23.6 Å². The molecule has 0 spiro atoms. The number of hydrogen-bond donors (Lipinski definition) is 5. The van der Waals surface area contributed by atoms with E-state index in [-0.39, 0.29) is 51.7 Å². The van der Waals surface area contributed by atoms with Gasteiger partial charge in [-0.1, -0.05) is 138 Å². The van der Waals surface area contributed by atoms with Gasteiger partial charge in [0.05, 0.1) is 41.0 Å². The average Bonchev–Trinajstić information content (AvgIpc) is 0.814. The molecule has 6 aromatic rings. The third kappa shape index (κ3) is 23.8. The molecule has 4 heterocycles. The number of thiazole rings is 1. The minimum atomic E-state index is -5.80. The molecule has 18 nitrogen and oxygen atoms in total. The van der Waals surface area contributed by atoms with Gasteiger partial charge in [-0.2, -0.15) is 13.2 Å². The van der Waals surface area contributed by atoms with E-state index in [1.807, 2.05) is 119 Å². The molecule has 5 amide bonds. The standard InChI is InChI=1S/C82H106ClF3N10O8S4/c1-57(59-24-26-61(27-25-59)75-58(2)88-56-106-75)89-78(100)71-21-18-41-96(71)79(101)76(80(3,4)5)91-74(98)23-17-12-10-8-7-9-11-16-22-73(97)87-55-81(6)40-38-69(60-28-32-64(83)33-29-60)63(52-81)53-94-43-45-95(46-44-94)66-34-30-62(31-35-66)77(99)92-107-68-36-37-70(72(51-68)108(102,103)82(84,85)86)90-65(39-42-93-47-49-104-50-48-93)54-105-67-19-14-13-15-20-67/h13-15,19-20,24-37,51,56-57,65,71,76,90H,7-12,16-18,21-23,38-50,52-55H2,1-6H3,(H,87,97)(H,89,100)(H,91,98)(H,92,99)/t57-,65+,71-,76+,81?/m0/s1. The summed E-state index contributed by atoms with van der Waals surface area (Å²) in [7, 11) is -5.80. The van der Waals surface area contributed by atoms with E-state index >= 15 is 0 Å². The maximum absolute atomic E-state index is 14.3. The highest BCUT2D eigenvalue weighted by Gasteiger charge is 2.49. The maximum Gasteiger partial charge on any atom is 0.501 e. The largest absolute Gasteiger partial charge is 0.501 e. The Labute approximate surface area is 653 Å². The van der Waals surface area contributed by atoms with Crippen molar-refractivity contribution in [1.82, 2.24) is 40.4 Å². The first-order valence-corrected chi connectivity index (χ1v) is 42.6. The van der Waals surface area contributed by atoms with Crippen molar-refractivity contribution >= 4 is 103 Å². The van der Waals surface area contributed by atoms with Crippen LogP contribution in [0.4, 0.5) is 24.5 Å². The fraction of sp³-hybridized carbons (Fsp3) is 0.512. The van der Waals surface area contributed by atoms with Crippen molar-refractivity contribution in [2.24, 2.45) is 10.8 Å². The zero-order valence-corrected chi connectivity index (χ0v) is 67.1. The van der Waals surface area contributed by atoms with E-state index in [4.69, 9.17) is 16.3 Å². The van der Waals surface area contributed by atoms with Crippen LogP contribution >= 0.6 is 46.6 Å². The summed E-state index contributed by atoms with van der Waals surface area (Å²) in [5, 5.41) is 13.4. The van der Waals surface area contributed by atoms with Gasteiger partial charge in [-0.3, -0.25) is 38.5 Å². The minimum Gasteiger partial charge on any atom is -0.380 e. The van der Waals surface area contributed by atoms with Gasteiger partial charge in [0.1, 0.15) is 17.0 Å². The molecule has 584 valence electrons. The first-order valence-electron chi connectivity index (χ1n) is 38.1. The number of rotatable bonds is 35. The summed E-state index contributed by atoms with van der Waals surface area (Å²) in [6.07, 6.45) is 12.8. The molecule has 0 saturated carbocycles. The second kappa shape index (κ2) is 39.3. The number of allylic oxidation sites excluding steroid dienone is 1. The number of amides is 5. The SMILES string of the molecule is Cc1ncsc1-c1ccc([C@H](C)NC(=O)[C@@H]2CCCN2C(=O)[C@@H](NC(=O)CCCCCCCCCCC(=O)NCC2(C)CCC(c3ccc(Cl)cc3)=C(CN3CCN(c4ccc(C(=O)NSc5ccc(N[C@H](CCN6CCOCC6)CSc6ccccc6)c(S(=O)(=O)C(F)(F)F)c5)cc4)CC3)C2)C(C)(C)C)cc1. The van der Waals surface area contributed by atoms with Gasteiger partial charge < -0.3 is 35.8 Å². The highest BCUT2D eigenvalue weighted by Crippen LogP contribution is 2.44. The Morgan fingerprint density at radius 2 is 1.42 bits per heavy atom. The van der Waals surface area contributed by atoms with Crippen LogP contribution in [0.2, 0.25) is 5.02 Å². The number of ether oxygens (including phenoxy) is 1. The van der Waals surface area contributed by atoms with E-state index in [0.29, 0.717) is 81.3 Å². The molecule has 3 aliphatic heterocycles. The number of unbranched alkanes of at least 4 members (excludes halogenated alkanes) is 7. The summed E-state index contributed by atoms with van der Waals surface area (Å²) in [6.45, 7) is 20.2. The molecule has 5 aromatic carbocycles. The summed E-state index contributed by atoms with van der Waals surface area (Å²) in [4.78, 5) is 82.6. The van der Waals surface area contributed by atoms with E-state index < -0.39 is 43.6 Å². The minimum absolute atomic E-state index is 0.0728. The first-order chi connectivity index (χ1) is 51.7. The van der Waals surface area contributed by atoms with Crippen LogP contribution in [0.3, 0.4) is 0 Å². The first kappa shape index (κ1) is 83.5. The number of halogens is 4. The van der Waals surface area contributed by atoms with Gasteiger partial charge >= 0.3 is 5.51 Å². The van der Waals surface area contributed by atoms with Crippen molar-refractivity contribution in [3.63, 3.8) is 0 Å². The van der Waals surface area contributed by atoms with Crippen LogP contribution in [0, 0.1) is 17.8 Å². The number of carbonyl (C=O) groups excluding carboxylic acids is 5. The lowest BCUT2D eigenvalue weighted by Gasteiger charge is -2.41. The molecule has 5 N–H and O–H groups in total. The molecule has 0 radical (unpaired) electrons. The van der Waals surface area contributed by atoms with Crippen LogP contribution in [0.25, 0.3) is 16.0 Å². The van der Waals surface area contributed by atoms with Gasteiger partial charge in [0, 0.05) is 116 Å². The van der Waals surface area contributed by atoms with E-state index in [1.165, 1.54) is 35.0 Å². The zero-order chi connectivity index (χ0) is 77.0. The summed E-state index contributed by atoms with van der Waals surface area (Å²) in [5.74, 6) is -0.523. The number of aryl methyl sites for hydroxylation is 1. The topological polar surface area (TPSA) is 215 Å². The van der Waals surface area contributed by atoms with Gasteiger partial charge in [-0.15, -0.1) is 23.1 Å². The molecule has 10 rings (SSSR count). The van der Waals surface area contributed by atoms with E-state index in [0.717, 1.165) is 172 Å². The van der Waals surface area contributed by atoms with Crippen LogP contribution in [-0.2, 0) is 33.8 Å². The monoisotopic (exact) mass is 1580 g/mol. The lowest BCUT2D eigenvalue weighted by Crippen LogP contribution is -2.57. The van der Waals surface area contributed by atoms with Crippen LogP contribution in [0.5, 0.6) is 0 Å². The number of sulfone groups is 1. The lowest BCUT2D eigenvalue weighted by atomic mass is 9.71. The molecular weight excluding hydrogens is 1470 g/mol. The third-order valence-corrected chi connectivity index (χ3v) is 25.8. The Bertz CT molecular complexity index is 4120. The second-order valence-corrected chi connectivity index (χ2v) is 35.7. The normalized spacial score (nSPS) is 18.5. The summed E-state index contributed by atoms with van der Waals surface area (Å²) >= 11 is 10.2. The van der Waals surface area contributed by atoms with Crippen LogP contribution in [0.1, 0.15) is 171 Å². The number of nitrogens with zero attached hydrogens (tertiary/aromatic N) is 5. The van der Waals surface area contributed by atoms with Crippen LogP contribution in [-0.4, -0.2) is 166 Å². The molecule has 3 saturated heterocycles. The molecule has 1 aliphatic carbocycles. The number of piperazine rings is 1.